The maximum absolute atomic E-state index is 13.2. The zero-order valence-corrected chi connectivity index (χ0v) is 19.8. The SMILES string of the molecule is CC(C)[C@H](C(=O)OCC(=O)c1ccccc1)N1C(=O)[C@@H]2[C@H]3C[C@@H]([C@H](Br)[C@H]3Br)[C@@H]2C1=O. The third-order valence-corrected chi connectivity index (χ3v) is 9.82. The molecule has 2 amide bonds. The number of nitrogens with zero attached hydrogens (tertiary/aromatic N) is 1. The van der Waals surface area contributed by atoms with Crippen molar-refractivity contribution in [1.29, 1.82) is 0 Å². The van der Waals surface area contributed by atoms with Gasteiger partial charge in [0.15, 0.2) is 12.4 Å². The number of likely N-dealkylation sites (tertiary alicyclic amines) is 1. The molecule has 0 N–H and O–H groups in total. The third-order valence-electron chi connectivity index (χ3n) is 6.61. The minimum Gasteiger partial charge on any atom is -0.456 e. The molecule has 1 aromatic carbocycles. The molecular weight excluding hydrogens is 518 g/mol. The zero-order valence-electron chi connectivity index (χ0n) is 16.7. The van der Waals surface area contributed by atoms with E-state index >= 15 is 0 Å². The van der Waals surface area contributed by atoms with Crippen LogP contribution in [0.2, 0.25) is 0 Å². The predicted octanol–water partition coefficient (Wildman–Crippen LogP) is 3.22. The van der Waals surface area contributed by atoms with Crippen molar-refractivity contribution in [2.24, 2.45) is 29.6 Å². The fraction of sp³-hybridized carbons (Fsp3) is 0.545. The first-order chi connectivity index (χ1) is 14.2. The van der Waals surface area contributed by atoms with Gasteiger partial charge in [-0.1, -0.05) is 76.0 Å². The lowest BCUT2D eigenvalue weighted by Gasteiger charge is -2.28. The number of amides is 2. The Morgan fingerprint density at radius 3 is 2.07 bits per heavy atom. The highest BCUT2D eigenvalue weighted by Crippen LogP contribution is 2.60. The molecule has 30 heavy (non-hydrogen) atoms. The van der Waals surface area contributed by atoms with Gasteiger partial charge in [-0.2, -0.15) is 0 Å². The van der Waals surface area contributed by atoms with Crippen LogP contribution in [0.4, 0.5) is 0 Å². The summed E-state index contributed by atoms with van der Waals surface area (Å²) in [5.41, 5.74) is 0.442. The summed E-state index contributed by atoms with van der Waals surface area (Å²) in [6, 6.07) is 7.52. The fourth-order valence-electron chi connectivity index (χ4n) is 5.25. The number of hydrogen-bond acceptors (Lipinski definition) is 5. The molecule has 160 valence electrons. The molecule has 2 bridgehead atoms. The number of rotatable bonds is 6. The van der Waals surface area contributed by atoms with Crippen molar-refractivity contribution in [3.63, 3.8) is 0 Å². The molecule has 3 aliphatic rings. The molecule has 3 fully saturated rings. The number of hydrogen-bond donors (Lipinski definition) is 0. The topological polar surface area (TPSA) is 80.8 Å². The number of Topliss-reactive ketones (excluding diaryl/α,β-unsaturated/α-hetero) is 1. The molecule has 7 atom stereocenters. The van der Waals surface area contributed by atoms with E-state index in [2.05, 4.69) is 31.9 Å². The van der Waals surface area contributed by atoms with Gasteiger partial charge in [0.25, 0.3) is 0 Å². The molecule has 2 aliphatic carbocycles. The Hall–Kier alpha value is -1.54. The number of halogens is 2. The van der Waals surface area contributed by atoms with Crippen molar-refractivity contribution < 1.29 is 23.9 Å². The average molecular weight is 541 g/mol. The standard InChI is InChI=1S/C22H23Br2NO5/c1-10(2)19(22(29)30-9-14(26)11-6-4-3-5-7-11)25-20(27)15-12-8-13(16(15)21(25)28)18(24)17(12)23/h3-7,10,12-13,15-19H,8-9H2,1-2H3/t12-,13-,15-,16+,17+,18+,19-/m1/s1. The Morgan fingerprint density at radius 2 is 1.57 bits per heavy atom. The van der Waals surface area contributed by atoms with Gasteiger partial charge in [0.1, 0.15) is 6.04 Å². The van der Waals surface area contributed by atoms with Crippen LogP contribution in [0.25, 0.3) is 0 Å². The van der Waals surface area contributed by atoms with Crippen molar-refractivity contribution in [2.45, 2.75) is 36.0 Å². The van der Waals surface area contributed by atoms with E-state index < -0.39 is 18.6 Å². The second kappa shape index (κ2) is 8.19. The Kier molecular flexibility index (Phi) is 5.92. The van der Waals surface area contributed by atoms with Crippen LogP contribution in [-0.2, 0) is 19.1 Å². The fourth-order valence-corrected chi connectivity index (χ4v) is 7.12. The van der Waals surface area contributed by atoms with E-state index in [1.165, 1.54) is 0 Å². The second-order valence-electron chi connectivity index (χ2n) is 8.64. The number of alkyl halides is 2. The quantitative estimate of drug-likeness (QED) is 0.239. The first kappa shape index (κ1) is 21.7. The van der Waals surface area contributed by atoms with Gasteiger partial charge in [-0.05, 0) is 24.2 Å². The lowest BCUT2D eigenvalue weighted by Crippen LogP contribution is -2.50. The zero-order chi connectivity index (χ0) is 21.7. The average Bonchev–Trinajstić information content (AvgIpc) is 3.33. The molecule has 0 spiro atoms. The molecule has 0 aromatic heterocycles. The number of benzene rings is 1. The summed E-state index contributed by atoms with van der Waals surface area (Å²) < 4.78 is 5.27. The molecule has 0 unspecified atom stereocenters. The lowest BCUT2D eigenvalue weighted by atomic mass is 9.81. The first-order valence-corrected chi connectivity index (χ1v) is 12.0. The van der Waals surface area contributed by atoms with Crippen LogP contribution in [0.15, 0.2) is 30.3 Å². The van der Waals surface area contributed by atoms with E-state index in [1.807, 2.05) is 0 Å². The molecule has 1 saturated heterocycles. The Morgan fingerprint density at radius 1 is 1.03 bits per heavy atom. The summed E-state index contributed by atoms with van der Waals surface area (Å²) in [5, 5.41) is 0. The lowest BCUT2D eigenvalue weighted by molar-refractivity contribution is -0.160. The molecule has 6 nitrogen and oxygen atoms in total. The molecule has 2 saturated carbocycles. The normalized spacial score (nSPS) is 33.2. The van der Waals surface area contributed by atoms with Gasteiger partial charge in [0.2, 0.25) is 11.8 Å². The Labute approximate surface area is 192 Å². The van der Waals surface area contributed by atoms with Crippen molar-refractivity contribution in [2.75, 3.05) is 6.61 Å². The van der Waals surface area contributed by atoms with Crippen molar-refractivity contribution in [3.8, 4) is 0 Å². The van der Waals surface area contributed by atoms with Crippen LogP contribution < -0.4 is 0 Å². The molecule has 1 heterocycles. The van der Waals surface area contributed by atoms with E-state index in [0.29, 0.717) is 5.56 Å². The number of carbonyl (C=O) groups excluding carboxylic acids is 4. The van der Waals surface area contributed by atoms with Crippen molar-refractivity contribution >= 4 is 55.4 Å². The number of ether oxygens (including phenoxy) is 1. The predicted molar refractivity (Wildman–Crippen MR) is 116 cm³/mol. The monoisotopic (exact) mass is 539 g/mol. The highest BCUT2D eigenvalue weighted by molar-refractivity contribution is 9.12. The van der Waals surface area contributed by atoms with E-state index in [0.717, 1.165) is 11.3 Å². The van der Waals surface area contributed by atoms with Gasteiger partial charge < -0.3 is 4.74 Å². The molecule has 0 radical (unpaired) electrons. The Balaban J connectivity index is 1.51. The molecule has 1 aromatic rings. The smallest absolute Gasteiger partial charge is 0.330 e. The van der Waals surface area contributed by atoms with Crippen LogP contribution in [0.3, 0.4) is 0 Å². The van der Waals surface area contributed by atoms with Gasteiger partial charge in [-0.25, -0.2) is 4.79 Å². The third kappa shape index (κ3) is 3.36. The first-order valence-electron chi connectivity index (χ1n) is 10.1. The van der Waals surface area contributed by atoms with E-state index in [9.17, 15) is 19.2 Å². The number of carbonyl (C=O) groups is 4. The highest BCUT2D eigenvalue weighted by Gasteiger charge is 2.67. The maximum Gasteiger partial charge on any atom is 0.330 e. The number of fused-ring (bicyclic) bond motifs is 5. The largest absolute Gasteiger partial charge is 0.456 e. The summed E-state index contributed by atoms with van der Waals surface area (Å²) in [6.45, 7) is 3.12. The van der Waals surface area contributed by atoms with Gasteiger partial charge in [0, 0.05) is 15.2 Å². The van der Waals surface area contributed by atoms with E-state index in [-0.39, 0.29) is 56.8 Å². The van der Waals surface area contributed by atoms with Crippen molar-refractivity contribution in [3.05, 3.63) is 35.9 Å². The van der Waals surface area contributed by atoms with Gasteiger partial charge in [-0.15, -0.1) is 0 Å². The Bertz CT molecular complexity index is 857. The molecule has 1 aliphatic heterocycles. The number of esters is 1. The van der Waals surface area contributed by atoms with Gasteiger partial charge in [0.05, 0.1) is 11.8 Å². The van der Waals surface area contributed by atoms with Crippen LogP contribution in [0.1, 0.15) is 30.6 Å². The van der Waals surface area contributed by atoms with Crippen LogP contribution >= 0.6 is 31.9 Å². The summed E-state index contributed by atoms with van der Waals surface area (Å²) in [4.78, 5) is 53.0. The molecule has 8 heteroatoms. The maximum atomic E-state index is 13.2. The van der Waals surface area contributed by atoms with Crippen LogP contribution in [0, 0.1) is 29.6 Å². The molecular formula is C22H23Br2NO5. The number of imide groups is 1. The van der Waals surface area contributed by atoms with Gasteiger partial charge >= 0.3 is 5.97 Å². The number of ketones is 1. The molecule has 4 rings (SSSR count). The van der Waals surface area contributed by atoms with Crippen LogP contribution in [0.5, 0.6) is 0 Å². The summed E-state index contributed by atoms with van der Waals surface area (Å²) >= 11 is 7.33. The summed E-state index contributed by atoms with van der Waals surface area (Å²) in [6.07, 6.45) is 0.828. The minimum absolute atomic E-state index is 0.0781. The van der Waals surface area contributed by atoms with Crippen molar-refractivity contribution in [1.82, 2.24) is 4.90 Å². The summed E-state index contributed by atoms with van der Waals surface area (Å²) in [5.74, 6) is -2.56. The van der Waals surface area contributed by atoms with E-state index in [1.54, 1.807) is 44.2 Å². The van der Waals surface area contributed by atoms with Gasteiger partial charge in [-0.3, -0.25) is 19.3 Å². The van der Waals surface area contributed by atoms with E-state index in [4.69, 9.17) is 4.74 Å². The van der Waals surface area contributed by atoms with Crippen LogP contribution in [-0.4, -0.2) is 50.8 Å². The second-order valence-corrected chi connectivity index (χ2v) is 10.8. The summed E-state index contributed by atoms with van der Waals surface area (Å²) in [7, 11) is 0. The minimum atomic E-state index is -1.03. The highest BCUT2D eigenvalue weighted by atomic mass is 79.9.